The number of carbonyl (C=O) groups is 2. The van der Waals surface area contributed by atoms with E-state index in [4.69, 9.17) is 4.74 Å². The molecule has 3 aliphatic carbocycles. The molecule has 1 heterocycles. The number of rotatable bonds is 2. The predicted octanol–water partition coefficient (Wildman–Crippen LogP) is 5.11. The van der Waals surface area contributed by atoms with Crippen LogP contribution in [0, 0.1) is 34.5 Å². The molecule has 1 N–H and O–H groups in total. The van der Waals surface area contributed by atoms with E-state index in [1.807, 2.05) is 13.8 Å². The van der Waals surface area contributed by atoms with Gasteiger partial charge in [-0.2, -0.15) is 0 Å². The van der Waals surface area contributed by atoms with Crippen molar-refractivity contribution in [2.24, 2.45) is 34.5 Å². The average molecular weight is 422 g/mol. The normalized spacial score (nSPS) is 41.8. The van der Waals surface area contributed by atoms with Crippen molar-refractivity contribution in [1.29, 1.82) is 0 Å². The molecule has 0 radical (unpaired) electrons. The van der Waals surface area contributed by atoms with Crippen LogP contribution in [-0.2, 0) is 14.3 Å². The van der Waals surface area contributed by atoms with Crippen molar-refractivity contribution in [3.05, 3.63) is 12.2 Å². The summed E-state index contributed by atoms with van der Waals surface area (Å²) >= 11 is 3.83. The summed E-state index contributed by atoms with van der Waals surface area (Å²) in [4.78, 5) is 23.7. The van der Waals surface area contributed by atoms with Crippen molar-refractivity contribution in [3.63, 3.8) is 0 Å². The van der Waals surface area contributed by atoms with Crippen LogP contribution in [0.25, 0.3) is 0 Å². The number of ether oxygens (including phenoxy) is 1. The third-order valence-corrected chi connectivity index (χ3v) is 8.52. The summed E-state index contributed by atoms with van der Waals surface area (Å²) in [6, 6.07) is 0.294. The Hall–Kier alpha value is -1.23. The highest BCUT2D eigenvalue weighted by Crippen LogP contribution is 2.65. The largest absolute Gasteiger partial charge is 0.469 e. The molecule has 7 unspecified atom stereocenters. The molecule has 4 aliphatic rings. The zero-order chi connectivity index (χ0) is 21.8. The highest BCUT2D eigenvalue weighted by atomic mass is 32.1. The summed E-state index contributed by atoms with van der Waals surface area (Å²) in [7, 11) is 1.50. The van der Waals surface area contributed by atoms with Gasteiger partial charge in [-0.3, -0.25) is 9.59 Å². The second-order valence-electron chi connectivity index (χ2n) is 9.31. The van der Waals surface area contributed by atoms with E-state index in [9.17, 15) is 9.59 Å². The van der Waals surface area contributed by atoms with E-state index < -0.39 is 0 Å². The lowest BCUT2D eigenvalue weighted by Gasteiger charge is -2.58. The van der Waals surface area contributed by atoms with Gasteiger partial charge in [0.1, 0.15) is 0 Å². The molecular formula is C24H39NO3S. The lowest BCUT2D eigenvalue weighted by molar-refractivity contribution is -0.143. The number of carbonyl (C=O) groups excluding carboxylic acids is 2. The first kappa shape index (κ1) is 24.0. The Morgan fingerprint density at radius 3 is 2.52 bits per heavy atom. The molecule has 1 aliphatic heterocycles. The lowest BCUT2D eigenvalue weighted by atomic mass is 9.48. The summed E-state index contributed by atoms with van der Waals surface area (Å²) in [6.45, 7) is 8.79. The molecular weight excluding hydrogens is 382 g/mol. The topological polar surface area (TPSA) is 55.4 Å². The second kappa shape index (κ2) is 9.72. The first-order valence-electron chi connectivity index (χ1n) is 11.2. The standard InChI is InChI=1S/C21H31NO3.C2H6.CH2S/c1-20-10-8-16-14(15(20)6-4-13(20)12-19(24)25-3)5-7-17-21(16,2)11-9-18(23)22-17;2*1-2/h9,11,13-17H,4-8,10,12H2,1-3H3,(H,22,23);1-2H3;1H2. The molecule has 4 rings (SSSR count). The molecule has 0 aromatic rings. The molecule has 0 aromatic heterocycles. The first-order valence-corrected chi connectivity index (χ1v) is 11.8. The van der Waals surface area contributed by atoms with Gasteiger partial charge in [-0.25, -0.2) is 0 Å². The van der Waals surface area contributed by atoms with E-state index in [-0.39, 0.29) is 22.7 Å². The molecule has 7 atom stereocenters. The Labute approximate surface area is 182 Å². The molecule has 0 saturated heterocycles. The van der Waals surface area contributed by atoms with Gasteiger partial charge in [-0.15, -0.1) is 0 Å². The van der Waals surface area contributed by atoms with Crippen LogP contribution < -0.4 is 5.32 Å². The molecule has 3 fully saturated rings. The van der Waals surface area contributed by atoms with E-state index >= 15 is 0 Å². The molecule has 4 nitrogen and oxygen atoms in total. The van der Waals surface area contributed by atoms with E-state index in [1.54, 1.807) is 6.08 Å². The molecule has 29 heavy (non-hydrogen) atoms. The minimum Gasteiger partial charge on any atom is -0.469 e. The summed E-state index contributed by atoms with van der Waals surface area (Å²) in [5.74, 6) is 5.41. The fourth-order valence-electron chi connectivity index (χ4n) is 7.06. The number of methoxy groups -OCH3 is 1. The molecule has 0 bridgehead atoms. The van der Waals surface area contributed by atoms with Crippen molar-refractivity contribution < 1.29 is 14.3 Å². The summed E-state index contributed by atoms with van der Waals surface area (Å²) in [5, 5.41) is 3.22. The number of amides is 1. The van der Waals surface area contributed by atoms with E-state index in [0.717, 1.165) is 18.8 Å². The number of nitrogens with one attached hydrogen (secondary N) is 1. The van der Waals surface area contributed by atoms with E-state index in [2.05, 4.69) is 43.3 Å². The van der Waals surface area contributed by atoms with Gasteiger partial charge in [0.25, 0.3) is 0 Å². The minimum absolute atomic E-state index is 0.0532. The van der Waals surface area contributed by atoms with Gasteiger partial charge < -0.3 is 10.1 Å². The molecule has 5 heteroatoms. The Kier molecular flexibility index (Phi) is 8.06. The molecule has 0 aromatic carbocycles. The summed E-state index contributed by atoms with van der Waals surface area (Å²) in [6.07, 6.45) is 11.6. The van der Waals surface area contributed by atoms with E-state index in [1.165, 1.54) is 32.8 Å². The van der Waals surface area contributed by atoms with E-state index in [0.29, 0.717) is 30.2 Å². The first-order chi connectivity index (χ1) is 13.9. The van der Waals surface area contributed by atoms with Crippen molar-refractivity contribution in [1.82, 2.24) is 5.32 Å². The average Bonchev–Trinajstić information content (AvgIpc) is 3.07. The van der Waals surface area contributed by atoms with Gasteiger partial charge >= 0.3 is 5.97 Å². The van der Waals surface area contributed by atoms with Crippen LogP contribution >= 0.6 is 12.2 Å². The second-order valence-corrected chi connectivity index (χ2v) is 9.31. The van der Waals surface area contributed by atoms with Gasteiger partial charge in [-0.1, -0.05) is 46.0 Å². The van der Waals surface area contributed by atoms with Gasteiger partial charge in [0.2, 0.25) is 5.91 Å². The van der Waals surface area contributed by atoms with Crippen molar-refractivity contribution in [3.8, 4) is 0 Å². The van der Waals surface area contributed by atoms with Crippen LogP contribution in [0.5, 0.6) is 0 Å². The Morgan fingerprint density at radius 2 is 1.86 bits per heavy atom. The SMILES string of the molecule is C=S.CC.COC(=O)CC1CCC2C3CCC4NC(=O)C=CC4(C)C3CCC12C. The minimum atomic E-state index is -0.0532. The third kappa shape index (κ3) is 4.17. The highest BCUT2D eigenvalue weighted by molar-refractivity contribution is 7.77. The molecule has 1 amide bonds. The number of fused-ring (bicyclic) bond motifs is 5. The van der Waals surface area contributed by atoms with Crippen molar-refractivity contribution >= 4 is 30.0 Å². The predicted molar refractivity (Wildman–Crippen MR) is 122 cm³/mol. The number of hydrogen-bond donors (Lipinski definition) is 1. The number of hydrogen-bond acceptors (Lipinski definition) is 4. The maximum Gasteiger partial charge on any atom is 0.305 e. The van der Waals surface area contributed by atoms with Crippen LogP contribution in [0.2, 0.25) is 0 Å². The van der Waals surface area contributed by atoms with Crippen LogP contribution in [0.4, 0.5) is 0 Å². The van der Waals surface area contributed by atoms with Crippen LogP contribution in [0.15, 0.2) is 12.2 Å². The van der Waals surface area contributed by atoms with Gasteiger partial charge in [-0.05, 0) is 79.6 Å². The fraction of sp³-hybridized carbons (Fsp3) is 0.792. The lowest BCUT2D eigenvalue weighted by Crippen LogP contribution is -2.59. The third-order valence-electron chi connectivity index (χ3n) is 8.52. The zero-order valence-electron chi connectivity index (χ0n) is 18.8. The quantitative estimate of drug-likeness (QED) is 0.497. The molecule has 164 valence electrons. The smallest absolute Gasteiger partial charge is 0.305 e. The van der Waals surface area contributed by atoms with Crippen molar-refractivity contribution in [2.45, 2.75) is 78.7 Å². The zero-order valence-corrected chi connectivity index (χ0v) is 19.6. The molecule has 3 saturated carbocycles. The Bertz CT molecular complexity index is 636. The Balaban J connectivity index is 0.000000707. The highest BCUT2D eigenvalue weighted by Gasteiger charge is 2.59. The van der Waals surface area contributed by atoms with Gasteiger partial charge in [0, 0.05) is 17.9 Å². The summed E-state index contributed by atoms with van der Waals surface area (Å²) < 4.78 is 4.95. The van der Waals surface area contributed by atoms with Crippen LogP contribution in [0.1, 0.15) is 72.6 Å². The monoisotopic (exact) mass is 421 g/mol. The Morgan fingerprint density at radius 1 is 1.17 bits per heavy atom. The fourth-order valence-corrected chi connectivity index (χ4v) is 7.06. The molecule has 0 spiro atoms. The maximum absolute atomic E-state index is 11.9. The number of thiocarbonyl (C=S) groups is 1. The van der Waals surface area contributed by atoms with Crippen molar-refractivity contribution in [2.75, 3.05) is 7.11 Å². The van der Waals surface area contributed by atoms with Crippen LogP contribution in [0.3, 0.4) is 0 Å². The van der Waals surface area contributed by atoms with Gasteiger partial charge in [0.15, 0.2) is 0 Å². The maximum atomic E-state index is 11.9. The number of esters is 1. The van der Waals surface area contributed by atoms with Crippen LogP contribution in [-0.4, -0.2) is 30.9 Å². The summed E-state index contributed by atoms with van der Waals surface area (Å²) in [5.41, 5.74) is 0.374. The van der Waals surface area contributed by atoms with Gasteiger partial charge in [0.05, 0.1) is 7.11 Å².